The predicted molar refractivity (Wildman–Crippen MR) is 84.7 cm³/mol. The molecule has 0 saturated heterocycles. The number of carboxylic acid groups (broad SMARTS) is 1. The fraction of sp³-hybridized carbons (Fsp3) is 0.529. The lowest BCUT2D eigenvalue weighted by Crippen LogP contribution is -2.39. The lowest BCUT2D eigenvalue weighted by atomic mass is 10.0. The van der Waals surface area contributed by atoms with Crippen LogP contribution in [0.2, 0.25) is 0 Å². The van der Waals surface area contributed by atoms with Gasteiger partial charge >= 0.3 is 11.9 Å². The van der Waals surface area contributed by atoms with Crippen molar-refractivity contribution >= 4 is 11.9 Å². The summed E-state index contributed by atoms with van der Waals surface area (Å²) < 4.78 is 5.27. The van der Waals surface area contributed by atoms with Crippen molar-refractivity contribution in [1.29, 1.82) is 0 Å². The number of hydrogen-bond acceptors (Lipinski definition) is 4. The van der Waals surface area contributed by atoms with Crippen molar-refractivity contribution in [2.75, 3.05) is 0 Å². The number of carbonyl (C=O) groups is 2. The molecule has 1 aromatic carbocycles. The van der Waals surface area contributed by atoms with Gasteiger partial charge in [0, 0.05) is 6.54 Å². The minimum atomic E-state index is -0.947. The van der Waals surface area contributed by atoms with Crippen LogP contribution in [0.15, 0.2) is 24.3 Å². The van der Waals surface area contributed by atoms with Crippen molar-refractivity contribution in [2.45, 2.75) is 52.8 Å². The van der Waals surface area contributed by atoms with Crippen molar-refractivity contribution in [3.63, 3.8) is 0 Å². The lowest BCUT2D eigenvalue weighted by molar-refractivity contribution is -0.150. The first kappa shape index (κ1) is 18.2. The van der Waals surface area contributed by atoms with Crippen LogP contribution >= 0.6 is 0 Å². The van der Waals surface area contributed by atoms with E-state index < -0.39 is 5.97 Å². The maximum atomic E-state index is 12.1. The summed E-state index contributed by atoms with van der Waals surface area (Å²) in [6.07, 6.45) is 0.553. The number of ether oxygens (including phenoxy) is 1. The first-order chi connectivity index (χ1) is 10.3. The molecule has 5 nitrogen and oxygen atoms in total. The first-order valence-corrected chi connectivity index (χ1v) is 7.55. The maximum Gasteiger partial charge on any atom is 0.335 e. The van der Waals surface area contributed by atoms with Gasteiger partial charge in [-0.2, -0.15) is 0 Å². The molecule has 0 heterocycles. The van der Waals surface area contributed by atoms with Crippen LogP contribution in [0.5, 0.6) is 0 Å². The van der Waals surface area contributed by atoms with Gasteiger partial charge in [0.25, 0.3) is 0 Å². The second-order valence-corrected chi connectivity index (χ2v) is 6.05. The molecule has 122 valence electrons. The Bertz CT molecular complexity index is 494. The van der Waals surface area contributed by atoms with E-state index in [-0.39, 0.29) is 23.7 Å². The van der Waals surface area contributed by atoms with Gasteiger partial charge in [-0.1, -0.05) is 26.0 Å². The minimum Gasteiger partial charge on any atom is -0.478 e. The summed E-state index contributed by atoms with van der Waals surface area (Å²) in [6.45, 7) is 8.26. The fourth-order valence-corrected chi connectivity index (χ4v) is 2.05. The second-order valence-electron chi connectivity index (χ2n) is 6.05. The molecule has 0 saturated carbocycles. The summed E-state index contributed by atoms with van der Waals surface area (Å²) >= 11 is 0. The zero-order valence-corrected chi connectivity index (χ0v) is 13.6. The largest absolute Gasteiger partial charge is 0.478 e. The van der Waals surface area contributed by atoms with E-state index >= 15 is 0 Å². The first-order valence-electron chi connectivity index (χ1n) is 7.55. The molecule has 0 bridgehead atoms. The zero-order valence-electron chi connectivity index (χ0n) is 13.6. The van der Waals surface area contributed by atoms with Crippen LogP contribution in [0, 0.1) is 5.92 Å². The summed E-state index contributed by atoms with van der Waals surface area (Å²) in [4.78, 5) is 22.9. The van der Waals surface area contributed by atoms with Crippen molar-refractivity contribution in [1.82, 2.24) is 5.32 Å². The van der Waals surface area contributed by atoms with Crippen LogP contribution in [0.25, 0.3) is 0 Å². The summed E-state index contributed by atoms with van der Waals surface area (Å²) in [5, 5.41) is 12.1. The molecular formula is C17H25NO4. The van der Waals surface area contributed by atoms with E-state index in [9.17, 15) is 9.59 Å². The van der Waals surface area contributed by atoms with Crippen LogP contribution in [-0.2, 0) is 16.1 Å². The minimum absolute atomic E-state index is 0.140. The van der Waals surface area contributed by atoms with Crippen LogP contribution in [0.3, 0.4) is 0 Å². The molecule has 0 aromatic heterocycles. The van der Waals surface area contributed by atoms with E-state index in [0.717, 1.165) is 5.56 Å². The van der Waals surface area contributed by atoms with E-state index in [1.807, 2.05) is 13.8 Å². The van der Waals surface area contributed by atoms with E-state index in [0.29, 0.717) is 18.9 Å². The maximum absolute atomic E-state index is 12.1. The number of benzene rings is 1. The highest BCUT2D eigenvalue weighted by atomic mass is 16.5. The average molecular weight is 307 g/mol. The highest BCUT2D eigenvalue weighted by Crippen LogP contribution is 2.10. The van der Waals surface area contributed by atoms with Gasteiger partial charge in [0.1, 0.15) is 6.04 Å². The molecule has 0 fully saturated rings. The Kier molecular flexibility index (Phi) is 7.05. The Morgan fingerprint density at radius 1 is 1.14 bits per heavy atom. The number of aromatic carboxylic acids is 1. The van der Waals surface area contributed by atoms with Gasteiger partial charge in [0.2, 0.25) is 0 Å². The second kappa shape index (κ2) is 8.54. The number of esters is 1. The van der Waals surface area contributed by atoms with Crippen LogP contribution in [-0.4, -0.2) is 29.2 Å². The van der Waals surface area contributed by atoms with Crippen LogP contribution < -0.4 is 5.32 Å². The monoisotopic (exact) mass is 307 g/mol. The number of carbonyl (C=O) groups excluding carboxylic acids is 1. The summed E-state index contributed by atoms with van der Waals surface area (Å²) in [7, 11) is 0. The molecule has 1 rings (SSSR count). The molecule has 0 aliphatic heterocycles. The molecule has 1 atom stereocenters. The quantitative estimate of drug-likeness (QED) is 0.722. The fourth-order valence-electron chi connectivity index (χ4n) is 2.05. The van der Waals surface area contributed by atoms with Gasteiger partial charge in [-0.25, -0.2) is 4.79 Å². The molecule has 2 N–H and O–H groups in total. The average Bonchev–Trinajstić information content (AvgIpc) is 2.42. The van der Waals surface area contributed by atoms with Crippen molar-refractivity contribution in [3.8, 4) is 0 Å². The number of nitrogens with one attached hydrogen (secondary N) is 1. The molecule has 0 aliphatic carbocycles. The molecule has 0 amide bonds. The topological polar surface area (TPSA) is 75.6 Å². The smallest absolute Gasteiger partial charge is 0.335 e. The number of rotatable bonds is 8. The van der Waals surface area contributed by atoms with Crippen LogP contribution in [0.4, 0.5) is 0 Å². The third-order valence-electron chi connectivity index (χ3n) is 3.10. The highest BCUT2D eigenvalue weighted by Gasteiger charge is 2.21. The molecule has 22 heavy (non-hydrogen) atoms. The summed E-state index contributed by atoms with van der Waals surface area (Å²) in [5.41, 5.74) is 1.18. The molecule has 0 radical (unpaired) electrons. The number of hydrogen-bond donors (Lipinski definition) is 2. The normalized spacial score (nSPS) is 12.5. The third kappa shape index (κ3) is 6.26. The third-order valence-corrected chi connectivity index (χ3v) is 3.10. The predicted octanol–water partition coefficient (Wildman–Crippen LogP) is 2.84. The molecule has 0 unspecified atom stereocenters. The SMILES string of the molecule is CC(C)C[C@H](NCc1ccc(C(=O)O)cc1)C(=O)OC(C)C. The Morgan fingerprint density at radius 3 is 2.18 bits per heavy atom. The van der Waals surface area contributed by atoms with Crippen molar-refractivity contribution in [3.05, 3.63) is 35.4 Å². The molecule has 0 aliphatic rings. The Morgan fingerprint density at radius 2 is 1.73 bits per heavy atom. The van der Waals surface area contributed by atoms with Crippen molar-refractivity contribution in [2.24, 2.45) is 5.92 Å². The Balaban J connectivity index is 2.65. The van der Waals surface area contributed by atoms with E-state index in [4.69, 9.17) is 9.84 Å². The molecule has 5 heteroatoms. The van der Waals surface area contributed by atoms with Gasteiger partial charge < -0.3 is 15.2 Å². The summed E-state index contributed by atoms with van der Waals surface area (Å²) in [5.74, 6) is -0.824. The van der Waals surface area contributed by atoms with E-state index in [1.54, 1.807) is 24.3 Å². The van der Waals surface area contributed by atoms with Gasteiger partial charge in [-0.05, 0) is 43.9 Å². The molecule has 0 spiro atoms. The Hall–Kier alpha value is -1.88. The van der Waals surface area contributed by atoms with E-state index in [2.05, 4.69) is 19.2 Å². The van der Waals surface area contributed by atoms with Crippen LogP contribution in [0.1, 0.15) is 50.0 Å². The lowest BCUT2D eigenvalue weighted by Gasteiger charge is -2.20. The standard InChI is InChI=1S/C17H25NO4/c1-11(2)9-15(17(21)22-12(3)4)18-10-13-5-7-14(8-6-13)16(19)20/h5-8,11-12,15,18H,9-10H2,1-4H3,(H,19,20)/t15-/m0/s1. The zero-order chi connectivity index (χ0) is 16.7. The van der Waals surface area contributed by atoms with Crippen molar-refractivity contribution < 1.29 is 19.4 Å². The molecule has 1 aromatic rings. The number of carboxylic acids is 1. The van der Waals surface area contributed by atoms with Gasteiger partial charge in [-0.3, -0.25) is 4.79 Å². The van der Waals surface area contributed by atoms with Gasteiger partial charge in [0.05, 0.1) is 11.7 Å². The van der Waals surface area contributed by atoms with Gasteiger partial charge in [-0.15, -0.1) is 0 Å². The summed E-state index contributed by atoms with van der Waals surface area (Å²) in [6, 6.07) is 6.25. The molecular weight excluding hydrogens is 282 g/mol. The van der Waals surface area contributed by atoms with E-state index in [1.165, 1.54) is 0 Å². The highest BCUT2D eigenvalue weighted by molar-refractivity contribution is 5.87. The van der Waals surface area contributed by atoms with Gasteiger partial charge in [0.15, 0.2) is 0 Å². The Labute approximate surface area is 131 Å².